The molecule has 1 aromatic rings. The van der Waals surface area contributed by atoms with Crippen LogP contribution in [0.2, 0.25) is 0 Å². The molecule has 0 spiro atoms. The van der Waals surface area contributed by atoms with E-state index in [4.69, 9.17) is 10.00 Å². The van der Waals surface area contributed by atoms with Crippen LogP contribution in [0.15, 0.2) is 18.3 Å². The van der Waals surface area contributed by atoms with Crippen molar-refractivity contribution >= 4 is 17.8 Å². The van der Waals surface area contributed by atoms with E-state index in [0.29, 0.717) is 31.7 Å². The van der Waals surface area contributed by atoms with Gasteiger partial charge in [0, 0.05) is 45.3 Å². The normalized spacial score (nSPS) is 14.5. The lowest BCUT2D eigenvalue weighted by atomic mass is 10.2. The molecule has 1 N–H and O–H groups in total. The Morgan fingerprint density at radius 1 is 1.27 bits per heavy atom. The van der Waals surface area contributed by atoms with Crippen molar-refractivity contribution in [2.45, 2.75) is 32.8 Å². The molecule has 0 radical (unpaired) electrons. The Balaban J connectivity index is 1.72. The number of aromatic nitrogens is 1. The summed E-state index contributed by atoms with van der Waals surface area (Å²) in [6.07, 6.45) is 1.28. The zero-order valence-electron chi connectivity index (χ0n) is 15.5. The van der Waals surface area contributed by atoms with Crippen molar-refractivity contribution in [3.63, 3.8) is 0 Å². The predicted molar refractivity (Wildman–Crippen MR) is 96.6 cm³/mol. The van der Waals surface area contributed by atoms with Gasteiger partial charge in [0.15, 0.2) is 0 Å². The van der Waals surface area contributed by atoms with Gasteiger partial charge in [-0.15, -0.1) is 0 Å². The summed E-state index contributed by atoms with van der Waals surface area (Å²) in [6, 6.07) is 5.60. The average Bonchev–Trinajstić information content (AvgIpc) is 2.60. The molecular formula is C18H25N5O3. The highest BCUT2D eigenvalue weighted by molar-refractivity contribution is 5.77. The highest BCUT2D eigenvalue weighted by atomic mass is 16.6. The lowest BCUT2D eigenvalue weighted by molar-refractivity contribution is -0.131. The van der Waals surface area contributed by atoms with Crippen LogP contribution in [0.4, 0.5) is 10.6 Å². The first kappa shape index (κ1) is 19.5. The van der Waals surface area contributed by atoms with Gasteiger partial charge < -0.3 is 19.9 Å². The Labute approximate surface area is 153 Å². The number of anilines is 1. The van der Waals surface area contributed by atoms with Crippen LogP contribution >= 0.6 is 0 Å². The number of amides is 2. The van der Waals surface area contributed by atoms with Gasteiger partial charge in [-0.25, -0.2) is 9.78 Å². The van der Waals surface area contributed by atoms with Crippen LogP contribution in [-0.4, -0.2) is 60.2 Å². The predicted octanol–water partition coefficient (Wildman–Crippen LogP) is 1.52. The second-order valence-corrected chi connectivity index (χ2v) is 7.06. The standard InChI is InChI=1S/C18H25N5O3/c1-18(2,3)26-17(25)20-7-6-16(24)23-10-8-22(9-11-23)15-5-4-14(12-19)13-21-15/h4-5,13H,6-11H2,1-3H3,(H,20,25). The molecule has 1 aliphatic rings. The quantitative estimate of drug-likeness (QED) is 0.875. The highest BCUT2D eigenvalue weighted by Gasteiger charge is 2.22. The van der Waals surface area contributed by atoms with Gasteiger partial charge in [-0.1, -0.05) is 0 Å². The van der Waals surface area contributed by atoms with Gasteiger partial charge in [-0.05, 0) is 32.9 Å². The lowest BCUT2D eigenvalue weighted by Gasteiger charge is -2.35. The summed E-state index contributed by atoms with van der Waals surface area (Å²) in [5.41, 5.74) is -0.0239. The maximum absolute atomic E-state index is 12.3. The fourth-order valence-electron chi connectivity index (χ4n) is 2.57. The number of piperazine rings is 1. The van der Waals surface area contributed by atoms with Crippen LogP contribution < -0.4 is 10.2 Å². The molecule has 2 rings (SSSR count). The zero-order chi connectivity index (χ0) is 19.2. The van der Waals surface area contributed by atoms with Gasteiger partial charge in [-0.2, -0.15) is 5.26 Å². The van der Waals surface area contributed by atoms with Crippen molar-refractivity contribution < 1.29 is 14.3 Å². The topological polar surface area (TPSA) is 98.6 Å². The number of nitrogens with zero attached hydrogens (tertiary/aromatic N) is 4. The lowest BCUT2D eigenvalue weighted by Crippen LogP contribution is -2.49. The minimum Gasteiger partial charge on any atom is -0.444 e. The van der Waals surface area contributed by atoms with Crippen molar-refractivity contribution in [1.29, 1.82) is 5.26 Å². The third-order valence-electron chi connectivity index (χ3n) is 3.84. The number of alkyl carbamates (subject to hydrolysis) is 1. The van der Waals surface area contributed by atoms with Gasteiger partial charge in [-0.3, -0.25) is 4.79 Å². The smallest absolute Gasteiger partial charge is 0.407 e. The van der Waals surface area contributed by atoms with E-state index >= 15 is 0 Å². The molecule has 1 saturated heterocycles. The van der Waals surface area contributed by atoms with E-state index in [0.717, 1.165) is 5.82 Å². The molecule has 0 bridgehead atoms. The summed E-state index contributed by atoms with van der Waals surface area (Å²) < 4.78 is 5.14. The fourth-order valence-corrected chi connectivity index (χ4v) is 2.57. The number of nitriles is 1. The molecule has 8 nitrogen and oxygen atoms in total. The zero-order valence-corrected chi connectivity index (χ0v) is 15.5. The van der Waals surface area contributed by atoms with Crippen LogP contribution in [0.5, 0.6) is 0 Å². The first-order chi connectivity index (χ1) is 12.3. The number of carbonyl (C=O) groups excluding carboxylic acids is 2. The van der Waals surface area contributed by atoms with E-state index in [9.17, 15) is 9.59 Å². The largest absolute Gasteiger partial charge is 0.444 e. The molecule has 1 aliphatic heterocycles. The molecule has 0 aromatic carbocycles. The monoisotopic (exact) mass is 359 g/mol. The van der Waals surface area contributed by atoms with E-state index in [1.807, 2.05) is 12.1 Å². The number of pyridine rings is 1. The van der Waals surface area contributed by atoms with E-state index in [2.05, 4.69) is 15.2 Å². The van der Waals surface area contributed by atoms with E-state index in [-0.39, 0.29) is 18.9 Å². The summed E-state index contributed by atoms with van der Waals surface area (Å²) in [7, 11) is 0. The van der Waals surface area contributed by atoms with Gasteiger partial charge in [0.1, 0.15) is 17.5 Å². The Morgan fingerprint density at radius 3 is 2.50 bits per heavy atom. The third kappa shape index (κ3) is 5.92. The molecule has 0 atom stereocenters. The minimum atomic E-state index is -0.552. The average molecular weight is 359 g/mol. The van der Waals surface area contributed by atoms with Gasteiger partial charge in [0.25, 0.3) is 0 Å². The molecule has 0 saturated carbocycles. The van der Waals surface area contributed by atoms with Gasteiger partial charge >= 0.3 is 6.09 Å². The number of hydrogen-bond donors (Lipinski definition) is 1. The number of carbonyl (C=O) groups is 2. The molecule has 0 unspecified atom stereocenters. The molecule has 8 heteroatoms. The molecule has 2 amide bonds. The molecule has 26 heavy (non-hydrogen) atoms. The SMILES string of the molecule is CC(C)(C)OC(=O)NCCC(=O)N1CCN(c2ccc(C#N)cn2)CC1. The Morgan fingerprint density at radius 2 is 1.96 bits per heavy atom. The van der Waals surface area contributed by atoms with Crippen molar-refractivity contribution in [1.82, 2.24) is 15.2 Å². The Bertz CT molecular complexity index is 668. The number of ether oxygens (including phenoxy) is 1. The highest BCUT2D eigenvalue weighted by Crippen LogP contribution is 2.14. The molecule has 140 valence electrons. The van der Waals surface area contributed by atoms with E-state index in [1.54, 1.807) is 37.9 Å². The number of nitrogens with one attached hydrogen (secondary N) is 1. The molecular weight excluding hydrogens is 334 g/mol. The minimum absolute atomic E-state index is 0.00787. The number of rotatable bonds is 4. The summed E-state index contributed by atoms with van der Waals surface area (Å²) in [6.45, 7) is 8.21. The second kappa shape index (κ2) is 8.52. The second-order valence-electron chi connectivity index (χ2n) is 7.06. The van der Waals surface area contributed by atoms with Crippen molar-refractivity contribution in [2.24, 2.45) is 0 Å². The molecule has 2 heterocycles. The Kier molecular flexibility index (Phi) is 6.39. The summed E-state index contributed by atoms with van der Waals surface area (Å²) in [4.78, 5) is 32.0. The van der Waals surface area contributed by atoms with E-state index < -0.39 is 11.7 Å². The first-order valence-electron chi connectivity index (χ1n) is 8.64. The maximum Gasteiger partial charge on any atom is 0.407 e. The van der Waals surface area contributed by atoms with Crippen LogP contribution in [0, 0.1) is 11.3 Å². The van der Waals surface area contributed by atoms with Crippen LogP contribution in [0.25, 0.3) is 0 Å². The van der Waals surface area contributed by atoms with Gasteiger partial charge in [0.2, 0.25) is 5.91 Å². The van der Waals surface area contributed by atoms with Crippen LogP contribution in [0.1, 0.15) is 32.8 Å². The Hall–Kier alpha value is -2.82. The van der Waals surface area contributed by atoms with Crippen molar-refractivity contribution in [2.75, 3.05) is 37.6 Å². The van der Waals surface area contributed by atoms with Crippen molar-refractivity contribution in [3.8, 4) is 6.07 Å². The molecule has 0 aliphatic carbocycles. The third-order valence-corrected chi connectivity index (χ3v) is 3.84. The van der Waals surface area contributed by atoms with Crippen LogP contribution in [0.3, 0.4) is 0 Å². The van der Waals surface area contributed by atoms with Crippen molar-refractivity contribution in [3.05, 3.63) is 23.9 Å². The number of hydrogen-bond acceptors (Lipinski definition) is 6. The summed E-state index contributed by atoms with van der Waals surface area (Å²) in [5, 5.41) is 11.4. The first-order valence-corrected chi connectivity index (χ1v) is 8.64. The van der Waals surface area contributed by atoms with Crippen LogP contribution in [-0.2, 0) is 9.53 Å². The maximum atomic E-state index is 12.3. The summed E-state index contributed by atoms with van der Waals surface area (Å²) >= 11 is 0. The van der Waals surface area contributed by atoms with E-state index in [1.165, 1.54) is 0 Å². The fraction of sp³-hybridized carbons (Fsp3) is 0.556. The molecule has 1 aromatic heterocycles. The summed E-state index contributed by atoms with van der Waals surface area (Å²) in [5.74, 6) is 0.816. The molecule has 1 fully saturated rings. The van der Waals surface area contributed by atoms with Gasteiger partial charge in [0.05, 0.1) is 5.56 Å².